The molecule has 0 radical (unpaired) electrons. The SMILES string of the molecule is CCc1ccc(N(C/C=C/c2ccccc2)C(=O)C(Cl)c2ccccc2)cc1. The maximum atomic E-state index is 13.2. The largest absolute Gasteiger partial charge is 0.307 e. The fourth-order valence-corrected chi connectivity index (χ4v) is 3.26. The number of carbonyl (C=O) groups is 1. The molecular weight excluding hydrogens is 366 g/mol. The van der Waals surface area contributed by atoms with E-state index in [0.29, 0.717) is 6.54 Å². The van der Waals surface area contributed by atoms with E-state index in [9.17, 15) is 4.79 Å². The molecule has 0 aromatic heterocycles. The van der Waals surface area contributed by atoms with Crippen LogP contribution < -0.4 is 4.90 Å². The van der Waals surface area contributed by atoms with E-state index in [1.165, 1.54) is 5.56 Å². The van der Waals surface area contributed by atoms with Crippen LogP contribution in [0.1, 0.15) is 29.0 Å². The van der Waals surface area contributed by atoms with Crippen LogP contribution in [0.2, 0.25) is 0 Å². The Kier molecular flexibility index (Phi) is 7.05. The van der Waals surface area contributed by atoms with Gasteiger partial charge in [0.25, 0.3) is 0 Å². The van der Waals surface area contributed by atoms with Crippen molar-refractivity contribution in [2.24, 2.45) is 0 Å². The molecule has 0 N–H and O–H groups in total. The Labute approximate surface area is 172 Å². The Bertz CT molecular complexity index is 904. The second-order valence-electron chi connectivity index (χ2n) is 6.56. The highest BCUT2D eigenvalue weighted by Crippen LogP contribution is 2.26. The Balaban J connectivity index is 1.84. The van der Waals surface area contributed by atoms with Crippen LogP contribution in [-0.2, 0) is 11.2 Å². The van der Waals surface area contributed by atoms with Gasteiger partial charge in [-0.05, 0) is 35.2 Å². The lowest BCUT2D eigenvalue weighted by Gasteiger charge is -2.24. The number of hydrogen-bond donors (Lipinski definition) is 0. The first-order chi connectivity index (χ1) is 13.7. The van der Waals surface area contributed by atoms with Crippen LogP contribution in [0.15, 0.2) is 91.0 Å². The number of benzene rings is 3. The number of amides is 1. The minimum absolute atomic E-state index is 0.130. The zero-order valence-corrected chi connectivity index (χ0v) is 16.7. The van der Waals surface area contributed by atoms with Gasteiger partial charge in [0, 0.05) is 12.2 Å². The summed E-state index contributed by atoms with van der Waals surface area (Å²) in [5.41, 5.74) is 3.99. The van der Waals surface area contributed by atoms with Crippen LogP contribution in [-0.4, -0.2) is 12.5 Å². The first-order valence-electron chi connectivity index (χ1n) is 9.50. The fourth-order valence-electron chi connectivity index (χ4n) is 2.99. The second-order valence-corrected chi connectivity index (χ2v) is 6.99. The van der Waals surface area contributed by atoms with Gasteiger partial charge in [-0.15, -0.1) is 11.6 Å². The van der Waals surface area contributed by atoms with E-state index < -0.39 is 5.38 Å². The lowest BCUT2D eigenvalue weighted by Crippen LogP contribution is -2.33. The van der Waals surface area contributed by atoms with Crippen molar-refractivity contribution in [2.75, 3.05) is 11.4 Å². The number of aryl methyl sites for hydroxylation is 1. The van der Waals surface area contributed by atoms with Gasteiger partial charge >= 0.3 is 0 Å². The molecule has 0 aliphatic heterocycles. The summed E-state index contributed by atoms with van der Waals surface area (Å²) in [6.07, 6.45) is 4.98. The molecule has 0 fully saturated rings. The van der Waals surface area contributed by atoms with E-state index >= 15 is 0 Å². The Morgan fingerprint density at radius 1 is 0.929 bits per heavy atom. The lowest BCUT2D eigenvalue weighted by molar-refractivity contribution is -0.118. The van der Waals surface area contributed by atoms with Crippen LogP contribution in [0.5, 0.6) is 0 Å². The summed E-state index contributed by atoms with van der Waals surface area (Å²) in [7, 11) is 0. The van der Waals surface area contributed by atoms with Gasteiger partial charge in [-0.3, -0.25) is 4.79 Å². The molecule has 1 atom stereocenters. The zero-order chi connectivity index (χ0) is 19.8. The molecule has 2 nitrogen and oxygen atoms in total. The first kappa shape index (κ1) is 19.9. The average Bonchev–Trinajstić information content (AvgIpc) is 2.77. The highest BCUT2D eigenvalue weighted by molar-refractivity contribution is 6.32. The maximum Gasteiger partial charge on any atom is 0.249 e. The van der Waals surface area contributed by atoms with Gasteiger partial charge in [-0.1, -0.05) is 91.9 Å². The van der Waals surface area contributed by atoms with Gasteiger partial charge < -0.3 is 4.90 Å². The molecular formula is C25H24ClNO. The molecule has 1 unspecified atom stereocenters. The highest BCUT2D eigenvalue weighted by atomic mass is 35.5. The minimum Gasteiger partial charge on any atom is -0.307 e. The van der Waals surface area contributed by atoms with Crippen molar-refractivity contribution in [3.63, 3.8) is 0 Å². The third-order valence-corrected chi connectivity index (χ3v) is 5.07. The molecule has 0 aliphatic carbocycles. The minimum atomic E-state index is -0.725. The molecule has 3 aromatic carbocycles. The highest BCUT2D eigenvalue weighted by Gasteiger charge is 2.24. The van der Waals surface area contributed by atoms with E-state index in [4.69, 9.17) is 11.6 Å². The smallest absolute Gasteiger partial charge is 0.249 e. The van der Waals surface area contributed by atoms with Gasteiger partial charge in [0.1, 0.15) is 5.38 Å². The Hall–Kier alpha value is -2.84. The number of hydrogen-bond acceptors (Lipinski definition) is 1. The van der Waals surface area contributed by atoms with Crippen molar-refractivity contribution in [2.45, 2.75) is 18.7 Å². The number of nitrogens with zero attached hydrogens (tertiary/aromatic N) is 1. The number of alkyl halides is 1. The molecule has 0 saturated carbocycles. The average molecular weight is 390 g/mol. The molecule has 3 rings (SSSR count). The first-order valence-corrected chi connectivity index (χ1v) is 9.93. The van der Waals surface area contributed by atoms with Crippen molar-refractivity contribution < 1.29 is 4.79 Å². The molecule has 0 saturated heterocycles. The molecule has 0 aliphatic rings. The summed E-state index contributed by atoms with van der Waals surface area (Å²) >= 11 is 6.54. The predicted octanol–water partition coefficient (Wildman–Crippen LogP) is 6.28. The van der Waals surface area contributed by atoms with Crippen molar-refractivity contribution >= 4 is 29.3 Å². The molecule has 1 amide bonds. The Morgan fingerprint density at radius 3 is 2.14 bits per heavy atom. The molecule has 0 heterocycles. The monoisotopic (exact) mass is 389 g/mol. The lowest BCUT2D eigenvalue weighted by atomic mass is 10.1. The summed E-state index contributed by atoms with van der Waals surface area (Å²) in [6.45, 7) is 2.57. The van der Waals surface area contributed by atoms with Crippen molar-refractivity contribution in [3.8, 4) is 0 Å². The van der Waals surface area contributed by atoms with E-state index in [1.54, 1.807) is 4.90 Å². The van der Waals surface area contributed by atoms with E-state index in [-0.39, 0.29) is 5.91 Å². The third kappa shape index (κ3) is 5.11. The molecule has 28 heavy (non-hydrogen) atoms. The van der Waals surface area contributed by atoms with Crippen LogP contribution in [0.4, 0.5) is 5.69 Å². The number of anilines is 1. The van der Waals surface area contributed by atoms with Gasteiger partial charge in [-0.25, -0.2) is 0 Å². The van der Waals surface area contributed by atoms with E-state index in [1.807, 2.05) is 84.9 Å². The normalized spacial score (nSPS) is 12.1. The number of rotatable bonds is 7. The standard InChI is InChI=1S/C25H24ClNO/c1-2-20-15-17-23(18-16-20)27(19-9-12-21-10-5-3-6-11-21)25(28)24(26)22-13-7-4-8-14-22/h3-18,24H,2,19H2,1H3/b12-9+. The summed E-state index contributed by atoms with van der Waals surface area (Å²) in [4.78, 5) is 14.9. The third-order valence-electron chi connectivity index (χ3n) is 4.63. The van der Waals surface area contributed by atoms with Gasteiger partial charge in [0.15, 0.2) is 0 Å². The van der Waals surface area contributed by atoms with Crippen molar-refractivity contribution in [1.29, 1.82) is 0 Å². The fraction of sp³-hybridized carbons (Fsp3) is 0.160. The predicted molar refractivity (Wildman–Crippen MR) is 119 cm³/mol. The zero-order valence-electron chi connectivity index (χ0n) is 16.0. The molecule has 142 valence electrons. The maximum absolute atomic E-state index is 13.2. The quantitative estimate of drug-likeness (QED) is 0.436. The molecule has 0 bridgehead atoms. The number of carbonyl (C=O) groups excluding carboxylic acids is 1. The number of halogens is 1. The van der Waals surface area contributed by atoms with Crippen LogP contribution in [0.3, 0.4) is 0 Å². The van der Waals surface area contributed by atoms with Crippen molar-refractivity contribution in [3.05, 3.63) is 108 Å². The summed E-state index contributed by atoms with van der Waals surface area (Å²) in [5.74, 6) is -0.130. The summed E-state index contributed by atoms with van der Waals surface area (Å²) in [6, 6.07) is 27.6. The topological polar surface area (TPSA) is 20.3 Å². The molecule has 3 heteroatoms. The van der Waals surface area contributed by atoms with Gasteiger partial charge in [0.05, 0.1) is 0 Å². The van der Waals surface area contributed by atoms with Gasteiger partial charge in [0.2, 0.25) is 5.91 Å². The summed E-state index contributed by atoms with van der Waals surface area (Å²) in [5, 5.41) is -0.725. The van der Waals surface area contributed by atoms with E-state index in [0.717, 1.165) is 23.2 Å². The second kappa shape index (κ2) is 9.91. The van der Waals surface area contributed by atoms with Gasteiger partial charge in [-0.2, -0.15) is 0 Å². The van der Waals surface area contributed by atoms with Crippen LogP contribution in [0.25, 0.3) is 6.08 Å². The summed E-state index contributed by atoms with van der Waals surface area (Å²) < 4.78 is 0. The Morgan fingerprint density at radius 2 is 1.54 bits per heavy atom. The molecule has 3 aromatic rings. The van der Waals surface area contributed by atoms with E-state index in [2.05, 4.69) is 19.1 Å². The van der Waals surface area contributed by atoms with Crippen molar-refractivity contribution in [1.82, 2.24) is 0 Å². The van der Waals surface area contributed by atoms with Crippen LogP contribution in [0, 0.1) is 0 Å². The molecule has 0 spiro atoms. The van der Waals surface area contributed by atoms with Crippen LogP contribution >= 0.6 is 11.6 Å².